The number of para-hydroxylation sites is 2. The number of nitrogens with two attached hydrogens (primary N) is 1. The minimum Gasteiger partial charge on any atom is -0.396 e. The fourth-order valence-corrected chi connectivity index (χ4v) is 9.17. The first-order valence-corrected chi connectivity index (χ1v) is 25.5. The summed E-state index contributed by atoms with van der Waals surface area (Å²) >= 11 is 5.91. The molecule has 0 saturated carbocycles. The van der Waals surface area contributed by atoms with Crippen LogP contribution in [0.5, 0.6) is 0 Å². The maximum absolute atomic E-state index is 15.1. The van der Waals surface area contributed by atoms with Gasteiger partial charge in [0.15, 0.2) is 23.3 Å². The molecule has 0 atom stereocenters. The Balaban J connectivity index is 0.000000173. The zero-order valence-corrected chi connectivity index (χ0v) is 43.6. The van der Waals surface area contributed by atoms with Crippen LogP contribution in [0.2, 0.25) is 5.28 Å². The first-order chi connectivity index (χ1) is 38.3. The number of anilines is 7. The summed E-state index contributed by atoms with van der Waals surface area (Å²) in [7, 11) is 0. The van der Waals surface area contributed by atoms with Gasteiger partial charge in [0.05, 0.1) is 47.0 Å². The van der Waals surface area contributed by atoms with Gasteiger partial charge in [-0.15, -0.1) is 0 Å². The highest BCUT2D eigenvalue weighted by molar-refractivity contribution is 6.28. The van der Waals surface area contributed by atoms with Crippen LogP contribution in [0, 0.1) is 23.3 Å². The summed E-state index contributed by atoms with van der Waals surface area (Å²) in [6.07, 6.45) is 5.74. The number of aliphatic hydroxyl groups excluding tert-OH is 2. The van der Waals surface area contributed by atoms with Crippen LogP contribution in [-0.4, -0.2) is 130 Å². The molecular weight excluding hydrogens is 1040 g/mol. The zero-order chi connectivity index (χ0) is 56.0. The fourth-order valence-electron chi connectivity index (χ4n) is 9.04. The van der Waals surface area contributed by atoms with Gasteiger partial charge in [0.25, 0.3) is 0 Å². The van der Waals surface area contributed by atoms with E-state index in [0.717, 1.165) is 51.6 Å². The van der Waals surface area contributed by atoms with Crippen molar-refractivity contribution in [1.29, 1.82) is 0 Å². The number of benzene rings is 6. The van der Waals surface area contributed by atoms with Gasteiger partial charge in [0, 0.05) is 111 Å². The van der Waals surface area contributed by atoms with Crippen molar-refractivity contribution >= 4 is 85.3 Å². The van der Waals surface area contributed by atoms with Gasteiger partial charge in [0.2, 0.25) is 23.0 Å². The van der Waals surface area contributed by atoms with Crippen molar-refractivity contribution in [3.63, 3.8) is 0 Å². The Morgan fingerprint density at radius 1 is 0.595 bits per heavy atom. The minimum absolute atomic E-state index is 0.0684. The topological polar surface area (TPSA) is 201 Å². The van der Waals surface area contributed by atoms with Crippen molar-refractivity contribution in [3.05, 3.63) is 175 Å². The van der Waals surface area contributed by atoms with E-state index in [1.165, 1.54) is 30.4 Å². The van der Waals surface area contributed by atoms with Crippen LogP contribution in [0.3, 0.4) is 0 Å². The molecule has 79 heavy (non-hydrogen) atoms. The van der Waals surface area contributed by atoms with Crippen molar-refractivity contribution in [2.24, 2.45) is 0 Å². The number of carbonyl (C=O) groups excluding carboxylic acids is 2. The Labute approximate surface area is 458 Å². The van der Waals surface area contributed by atoms with Gasteiger partial charge in [0.1, 0.15) is 0 Å². The summed E-state index contributed by atoms with van der Waals surface area (Å²) in [5.41, 5.74) is 11.7. The average Bonchev–Trinajstić information content (AvgIpc) is 3.50. The van der Waals surface area contributed by atoms with E-state index in [4.69, 9.17) is 27.5 Å². The second-order valence-corrected chi connectivity index (χ2v) is 18.5. The van der Waals surface area contributed by atoms with Gasteiger partial charge in [-0.25, -0.2) is 37.5 Å². The maximum Gasteiger partial charge on any atom is 0.247 e. The number of aromatic nitrogens is 4. The molecule has 8 aromatic rings. The number of rotatable bonds is 14. The molecule has 2 amide bonds. The Kier molecular flexibility index (Phi) is 19.1. The normalized spacial score (nSPS) is 13.7. The fraction of sp³-hybridized carbons (Fsp3) is 0.207. The number of piperazine rings is 2. The van der Waals surface area contributed by atoms with E-state index in [-0.39, 0.29) is 59.0 Å². The molecule has 2 saturated heterocycles. The summed E-state index contributed by atoms with van der Waals surface area (Å²) < 4.78 is 57.3. The van der Waals surface area contributed by atoms with Crippen molar-refractivity contribution in [3.8, 4) is 22.3 Å². The molecule has 0 bridgehead atoms. The summed E-state index contributed by atoms with van der Waals surface area (Å²) in [6.45, 7) is 13.4. The highest BCUT2D eigenvalue weighted by Crippen LogP contribution is 2.34. The molecular formula is C58H57ClF4N12O4. The maximum atomic E-state index is 15.1. The van der Waals surface area contributed by atoms with Crippen LogP contribution in [0.4, 0.5) is 57.6 Å². The molecule has 2 fully saturated rings. The molecule has 0 unspecified atom stereocenters. The van der Waals surface area contributed by atoms with Crippen molar-refractivity contribution in [1.82, 2.24) is 29.7 Å². The van der Waals surface area contributed by atoms with Gasteiger partial charge in [-0.05, 0) is 83.4 Å². The zero-order valence-electron chi connectivity index (χ0n) is 42.9. The van der Waals surface area contributed by atoms with Gasteiger partial charge in [-0.2, -0.15) is 0 Å². The number of nitrogens with one attached hydrogen (secondary N) is 3. The van der Waals surface area contributed by atoms with E-state index >= 15 is 8.78 Å². The average molecular weight is 1100 g/mol. The highest BCUT2D eigenvalue weighted by Gasteiger charge is 2.24. The molecule has 2 aromatic heterocycles. The number of nitrogens with zero attached hydrogens (tertiary/aromatic N) is 8. The largest absolute Gasteiger partial charge is 0.396 e. The standard InChI is InChI=1S/C29H28F2N6O2.C17H12ClN3O.C12H17F2N3O/c1-2-25(39)33-21-7-3-5-19(17-21)22-8-4-6-20-18-32-29(35-28(20)22)34-23-9-10-24(27(31)26(23)30)37-13-11-36(12-14-37)15-16-38;1-2-15(22)20-13-7-3-5-11(9-13)14-8-4-6-12-10-19-17(18)21-16(12)14;13-11-9(15)1-2-10(12(11)14)17-5-3-16(4-6-17)7-8-18/h2-10,17-18,38H,1,11-16H2,(H,33,39)(H,32,34,35);2-10H,1H2,(H,20,22);1-2,18H,3-8,15H2. The molecule has 7 N–H and O–H groups in total. The number of hydrogen-bond acceptors (Lipinski definition) is 14. The predicted molar refractivity (Wildman–Crippen MR) is 305 cm³/mol. The van der Waals surface area contributed by atoms with Crippen LogP contribution in [0.25, 0.3) is 44.1 Å². The number of β-amino-alcohol motifs (C(OH)–C–C–N with tert-alkyl or cyclic N) is 2. The summed E-state index contributed by atoms with van der Waals surface area (Å²) in [5, 5.41) is 28.1. The van der Waals surface area contributed by atoms with Crippen LogP contribution in [0.1, 0.15) is 0 Å². The Morgan fingerprint density at radius 2 is 1.06 bits per heavy atom. The van der Waals surface area contributed by atoms with Crippen LogP contribution in [0.15, 0.2) is 147 Å². The Hall–Kier alpha value is -8.53. The van der Waals surface area contributed by atoms with Crippen LogP contribution >= 0.6 is 11.6 Å². The van der Waals surface area contributed by atoms with Crippen molar-refractivity contribution < 1.29 is 37.4 Å². The summed E-state index contributed by atoms with van der Waals surface area (Å²) in [4.78, 5) is 48.1. The van der Waals surface area contributed by atoms with E-state index in [9.17, 15) is 18.4 Å². The third kappa shape index (κ3) is 14.2. The lowest BCUT2D eigenvalue weighted by Crippen LogP contribution is -2.47. The van der Waals surface area contributed by atoms with Gasteiger partial charge in [-0.1, -0.05) is 73.8 Å². The second-order valence-electron chi connectivity index (χ2n) is 18.2. The number of amides is 2. The molecule has 0 spiro atoms. The molecule has 10 rings (SSSR count). The molecule has 4 heterocycles. The molecule has 0 radical (unpaired) electrons. The SMILES string of the molecule is C=CC(=O)Nc1cccc(-c2cccc3cnc(Cl)nc23)c1.C=CC(=O)Nc1cccc(-c2cccc3cnc(Nc4ccc(N5CCN(CCO)CC5)c(F)c4F)nc23)c1.Nc1ccc(N2CCN(CCO)CC2)c(F)c1F. The number of nitrogen functional groups attached to an aromatic ring is 1. The van der Waals surface area contributed by atoms with Crippen molar-refractivity contribution in [2.75, 3.05) is 110 Å². The summed E-state index contributed by atoms with van der Waals surface area (Å²) in [5.74, 6) is -4.25. The predicted octanol–water partition coefficient (Wildman–Crippen LogP) is 9.29. The first kappa shape index (κ1) is 56.7. The van der Waals surface area contributed by atoms with Crippen molar-refractivity contribution in [2.45, 2.75) is 0 Å². The van der Waals surface area contributed by atoms with E-state index < -0.39 is 23.3 Å². The number of halogens is 5. The molecule has 2 aliphatic rings. The van der Waals surface area contributed by atoms with Crippen LogP contribution < -0.4 is 31.5 Å². The molecule has 0 aliphatic carbocycles. The highest BCUT2D eigenvalue weighted by atomic mass is 35.5. The van der Waals surface area contributed by atoms with E-state index in [1.54, 1.807) is 34.3 Å². The molecule has 16 nitrogen and oxygen atoms in total. The Bertz CT molecular complexity index is 3490. The second kappa shape index (κ2) is 26.7. The quantitative estimate of drug-likeness (QED) is 0.0260. The number of aliphatic hydroxyl groups is 2. The number of carbonyl (C=O) groups is 2. The van der Waals surface area contributed by atoms with E-state index in [0.29, 0.717) is 69.2 Å². The third-order valence-corrected chi connectivity index (χ3v) is 13.3. The molecule has 2 aliphatic heterocycles. The monoisotopic (exact) mass is 1100 g/mol. The lowest BCUT2D eigenvalue weighted by molar-refractivity contribution is -0.112. The summed E-state index contributed by atoms with van der Waals surface area (Å²) in [6, 6.07) is 32.2. The minimum atomic E-state index is -1.01. The number of hydrogen-bond donors (Lipinski definition) is 6. The number of fused-ring (bicyclic) bond motifs is 2. The van der Waals surface area contributed by atoms with Gasteiger partial charge < -0.3 is 41.7 Å². The molecule has 408 valence electrons. The first-order valence-electron chi connectivity index (χ1n) is 25.2. The van der Waals surface area contributed by atoms with Gasteiger partial charge >= 0.3 is 0 Å². The lowest BCUT2D eigenvalue weighted by atomic mass is 10.0. The van der Waals surface area contributed by atoms with E-state index in [2.05, 4.69) is 58.8 Å². The lowest BCUT2D eigenvalue weighted by Gasteiger charge is -2.36. The Morgan fingerprint density at radius 3 is 1.57 bits per heavy atom. The van der Waals surface area contributed by atoms with Gasteiger partial charge in [-0.3, -0.25) is 19.4 Å². The van der Waals surface area contributed by atoms with E-state index in [1.807, 2.05) is 78.9 Å². The van der Waals surface area contributed by atoms with Crippen LogP contribution in [-0.2, 0) is 9.59 Å². The molecule has 6 aromatic carbocycles. The third-order valence-electron chi connectivity index (χ3n) is 13.1. The smallest absolute Gasteiger partial charge is 0.247 e. The molecule has 21 heteroatoms.